The average Bonchev–Trinajstić information content (AvgIpc) is 3.03. The van der Waals surface area contributed by atoms with Crippen molar-refractivity contribution in [2.24, 2.45) is 17.2 Å². The first-order valence-corrected chi connectivity index (χ1v) is 15.6. The first kappa shape index (κ1) is 36.9. The maximum Gasteiger partial charge on any atom is 0.320 e. The van der Waals surface area contributed by atoms with Gasteiger partial charge >= 0.3 is 5.97 Å². The molecule has 0 radical (unpaired) electrons. The van der Waals surface area contributed by atoms with Crippen molar-refractivity contribution in [1.82, 2.24) is 0 Å². The minimum atomic E-state index is -2.00. The SMILES string of the molecule is COc1cccc2c1C(=O)c1c(O)c3c(c(O)c1C2=O)CC(O)(C(C)=O)CC3OC1CC(N)C(O)C(C)O1.NCCCCC(N)C(=O)O. The Labute approximate surface area is 276 Å². The monoisotopic (exact) mass is 673 g/mol. The number of nitrogens with two attached hydrogens (primary N) is 3. The van der Waals surface area contributed by atoms with E-state index in [1.54, 1.807) is 6.92 Å². The second-order valence-corrected chi connectivity index (χ2v) is 12.4. The summed E-state index contributed by atoms with van der Waals surface area (Å²) >= 11 is 0. The number of ether oxygens (including phenoxy) is 3. The number of hydrogen-bond acceptors (Lipinski definition) is 14. The summed E-state index contributed by atoms with van der Waals surface area (Å²) in [6, 6.07) is 3.03. The number of methoxy groups -OCH3 is 1. The molecule has 1 aliphatic heterocycles. The van der Waals surface area contributed by atoms with Crippen molar-refractivity contribution in [2.45, 2.75) is 94.7 Å². The molecule has 7 atom stereocenters. The van der Waals surface area contributed by atoms with Gasteiger partial charge in [0.05, 0.1) is 42.1 Å². The summed E-state index contributed by atoms with van der Waals surface area (Å²) in [6.07, 6.45) is -2.37. The van der Waals surface area contributed by atoms with E-state index < -0.39 is 94.7 Å². The predicted octanol–water partition coefficient (Wildman–Crippen LogP) is 0.556. The topological polar surface area (TPSA) is 275 Å². The summed E-state index contributed by atoms with van der Waals surface area (Å²) in [4.78, 5) is 49.7. The summed E-state index contributed by atoms with van der Waals surface area (Å²) < 4.78 is 17.1. The number of unbranched alkanes of at least 4 members (excludes halogenated alkanes) is 1. The van der Waals surface area contributed by atoms with Crippen LogP contribution in [0, 0.1) is 0 Å². The number of ketones is 3. The Hall–Kier alpha value is -3.96. The maximum absolute atomic E-state index is 13.6. The van der Waals surface area contributed by atoms with Gasteiger partial charge in [-0.1, -0.05) is 18.6 Å². The molecular weight excluding hydrogens is 630 g/mol. The molecule has 0 bridgehead atoms. The number of rotatable bonds is 9. The van der Waals surface area contributed by atoms with Crippen molar-refractivity contribution < 1.29 is 58.9 Å². The van der Waals surface area contributed by atoms with E-state index >= 15 is 0 Å². The standard InChI is InChI=1S/C27H29NO10.C6H14N2O2/c1-10-22(30)14(28)7-17(37-10)38-16-9-27(35,11(2)29)8-13-19(16)26(34)21-20(24(13)32)23(31)12-5-4-6-15(36-3)18(12)25(21)33;7-4-2-1-3-5(8)6(9)10/h4-6,10,14,16-17,22,30,32,34-35H,7-9,28H2,1-3H3;5H,1-4,7-8H2,(H,9,10). The van der Waals surface area contributed by atoms with Crippen molar-refractivity contribution in [3.8, 4) is 17.2 Å². The molecule has 2 aromatic rings. The number of benzene rings is 2. The highest BCUT2D eigenvalue weighted by Crippen LogP contribution is 2.52. The van der Waals surface area contributed by atoms with Gasteiger partial charge in [-0.25, -0.2) is 0 Å². The molecule has 48 heavy (non-hydrogen) atoms. The second kappa shape index (κ2) is 14.7. The van der Waals surface area contributed by atoms with Crippen LogP contribution in [0.25, 0.3) is 0 Å². The Morgan fingerprint density at radius 2 is 1.77 bits per heavy atom. The number of aliphatic hydroxyl groups excluding tert-OH is 1. The first-order chi connectivity index (χ1) is 22.6. The van der Waals surface area contributed by atoms with Crippen molar-refractivity contribution >= 4 is 23.3 Å². The number of carboxylic acid groups (broad SMARTS) is 1. The molecule has 0 amide bonds. The lowest BCUT2D eigenvalue weighted by Crippen LogP contribution is -2.52. The van der Waals surface area contributed by atoms with Crippen LogP contribution >= 0.6 is 0 Å². The van der Waals surface area contributed by atoms with Crippen LogP contribution in [0.4, 0.5) is 0 Å². The highest BCUT2D eigenvalue weighted by Gasteiger charge is 2.49. The molecule has 0 spiro atoms. The van der Waals surface area contributed by atoms with Crippen LogP contribution in [0.2, 0.25) is 0 Å². The zero-order valence-corrected chi connectivity index (χ0v) is 27.0. The number of Topliss-reactive ketones (excluding diaryl/α,β-unsaturated/α-hetero) is 1. The van der Waals surface area contributed by atoms with Gasteiger partial charge in [0.2, 0.25) is 5.78 Å². The van der Waals surface area contributed by atoms with Gasteiger partial charge in [-0.15, -0.1) is 0 Å². The van der Waals surface area contributed by atoms with E-state index in [4.69, 9.17) is 36.5 Å². The average molecular weight is 674 g/mol. The summed E-state index contributed by atoms with van der Waals surface area (Å²) in [5.74, 6) is -4.11. The minimum Gasteiger partial charge on any atom is -0.507 e. The third-order valence-electron chi connectivity index (χ3n) is 9.08. The van der Waals surface area contributed by atoms with E-state index in [-0.39, 0.29) is 40.8 Å². The molecule has 2 aromatic carbocycles. The molecule has 15 nitrogen and oxygen atoms in total. The van der Waals surface area contributed by atoms with Crippen molar-refractivity contribution in [3.05, 3.63) is 51.6 Å². The Bertz CT molecular complexity index is 1580. The van der Waals surface area contributed by atoms with E-state index in [9.17, 15) is 39.6 Å². The fourth-order valence-electron chi connectivity index (χ4n) is 6.29. The van der Waals surface area contributed by atoms with Gasteiger partial charge in [0.1, 0.15) is 28.9 Å². The van der Waals surface area contributed by atoms with Gasteiger partial charge in [-0.3, -0.25) is 19.2 Å². The molecular formula is C33H43N3O12. The molecule has 1 fully saturated rings. The Kier molecular flexibility index (Phi) is 11.3. The molecule has 0 saturated carbocycles. The Balaban J connectivity index is 0.000000453. The number of phenols is 2. The molecule has 3 aliphatic rings. The van der Waals surface area contributed by atoms with Crippen LogP contribution in [0.5, 0.6) is 17.2 Å². The summed E-state index contributed by atoms with van der Waals surface area (Å²) in [5.41, 5.74) is 13.4. The van der Waals surface area contributed by atoms with E-state index in [1.807, 2.05) is 0 Å². The summed E-state index contributed by atoms with van der Waals surface area (Å²) in [5, 5.41) is 52.4. The molecule has 262 valence electrons. The van der Waals surface area contributed by atoms with Crippen molar-refractivity contribution in [3.63, 3.8) is 0 Å². The quantitative estimate of drug-likeness (QED) is 0.114. The Morgan fingerprint density at radius 1 is 1.10 bits per heavy atom. The van der Waals surface area contributed by atoms with Crippen molar-refractivity contribution in [1.29, 1.82) is 0 Å². The molecule has 11 N–H and O–H groups in total. The zero-order valence-electron chi connectivity index (χ0n) is 27.0. The summed E-state index contributed by atoms with van der Waals surface area (Å²) in [7, 11) is 1.34. The van der Waals surface area contributed by atoms with Gasteiger partial charge in [-0.05, 0) is 39.3 Å². The third-order valence-corrected chi connectivity index (χ3v) is 9.08. The van der Waals surface area contributed by atoms with Crippen LogP contribution in [0.15, 0.2) is 18.2 Å². The fourth-order valence-corrected chi connectivity index (χ4v) is 6.29. The normalized spacial score (nSPS) is 26.7. The number of carbonyl (C=O) groups excluding carboxylic acids is 3. The lowest BCUT2D eigenvalue weighted by Gasteiger charge is -2.42. The lowest BCUT2D eigenvalue weighted by atomic mass is 9.72. The largest absolute Gasteiger partial charge is 0.507 e. The Morgan fingerprint density at radius 3 is 2.35 bits per heavy atom. The number of hydrogen-bond donors (Lipinski definition) is 8. The minimum absolute atomic E-state index is 0.0147. The van der Waals surface area contributed by atoms with E-state index in [1.165, 1.54) is 32.2 Å². The fraction of sp³-hybridized carbons (Fsp3) is 0.515. The molecule has 5 rings (SSSR count). The van der Waals surface area contributed by atoms with Gasteiger partial charge in [0.15, 0.2) is 17.9 Å². The van der Waals surface area contributed by atoms with Crippen LogP contribution in [0.3, 0.4) is 0 Å². The number of aliphatic hydroxyl groups is 2. The molecule has 1 heterocycles. The molecule has 15 heteroatoms. The van der Waals surface area contributed by atoms with E-state index in [0.717, 1.165) is 12.8 Å². The van der Waals surface area contributed by atoms with Gasteiger partial charge in [-0.2, -0.15) is 0 Å². The smallest absolute Gasteiger partial charge is 0.320 e. The number of aromatic hydroxyl groups is 2. The van der Waals surface area contributed by atoms with Crippen LogP contribution in [-0.2, 0) is 25.5 Å². The van der Waals surface area contributed by atoms with Crippen LogP contribution < -0.4 is 21.9 Å². The van der Waals surface area contributed by atoms with E-state index in [0.29, 0.717) is 13.0 Å². The molecule has 0 aromatic heterocycles. The van der Waals surface area contributed by atoms with Gasteiger partial charge < -0.3 is 56.9 Å². The highest BCUT2D eigenvalue weighted by atomic mass is 16.7. The van der Waals surface area contributed by atoms with E-state index in [2.05, 4.69) is 0 Å². The van der Waals surface area contributed by atoms with Gasteiger partial charge in [0, 0.05) is 42.0 Å². The lowest BCUT2D eigenvalue weighted by molar-refractivity contribution is -0.247. The van der Waals surface area contributed by atoms with Crippen LogP contribution in [-0.4, -0.2) is 98.7 Å². The maximum atomic E-state index is 13.6. The summed E-state index contributed by atoms with van der Waals surface area (Å²) in [6.45, 7) is 3.39. The first-order valence-electron chi connectivity index (χ1n) is 15.6. The van der Waals surface area contributed by atoms with Crippen molar-refractivity contribution in [2.75, 3.05) is 13.7 Å². The number of aliphatic carboxylic acids is 1. The number of carbonyl (C=O) groups is 4. The zero-order chi connectivity index (χ0) is 35.7. The number of carboxylic acids is 1. The highest BCUT2D eigenvalue weighted by molar-refractivity contribution is 6.31. The second-order valence-electron chi connectivity index (χ2n) is 12.4. The molecule has 7 unspecified atom stereocenters. The predicted molar refractivity (Wildman–Crippen MR) is 169 cm³/mol. The third kappa shape index (κ3) is 6.94. The van der Waals surface area contributed by atoms with Gasteiger partial charge in [0.25, 0.3) is 0 Å². The number of fused-ring (bicyclic) bond motifs is 3. The molecule has 1 saturated heterocycles. The molecule has 2 aliphatic carbocycles. The van der Waals surface area contributed by atoms with Crippen LogP contribution in [0.1, 0.15) is 95.0 Å². The number of phenolic OH excluding ortho intramolecular Hbond substituents is 2.